The Labute approximate surface area is 179 Å². The van der Waals surface area contributed by atoms with E-state index in [1.807, 2.05) is 30.3 Å². The summed E-state index contributed by atoms with van der Waals surface area (Å²) in [6.45, 7) is 2.00. The van der Waals surface area contributed by atoms with Crippen LogP contribution < -0.4 is 5.32 Å². The van der Waals surface area contributed by atoms with E-state index in [1.54, 1.807) is 31.3 Å². The van der Waals surface area contributed by atoms with Gasteiger partial charge in [0.1, 0.15) is 17.9 Å². The predicted molar refractivity (Wildman–Crippen MR) is 119 cm³/mol. The molecule has 4 aromatic rings. The van der Waals surface area contributed by atoms with Crippen molar-refractivity contribution in [2.45, 2.75) is 12.8 Å². The summed E-state index contributed by atoms with van der Waals surface area (Å²) in [5, 5.41) is 13.0. The van der Waals surface area contributed by atoms with Gasteiger partial charge in [-0.05, 0) is 30.5 Å². The van der Waals surface area contributed by atoms with Crippen molar-refractivity contribution in [1.82, 2.24) is 9.97 Å². The summed E-state index contributed by atoms with van der Waals surface area (Å²) in [6, 6.07) is 16.4. The minimum atomic E-state index is -0.965. The molecule has 7 heteroatoms. The van der Waals surface area contributed by atoms with Gasteiger partial charge in [-0.2, -0.15) is 0 Å². The van der Waals surface area contributed by atoms with Crippen molar-refractivity contribution in [2.24, 2.45) is 0 Å². The van der Waals surface area contributed by atoms with Gasteiger partial charge in [0, 0.05) is 31.4 Å². The smallest absolute Gasteiger partial charge is 0.335 e. The lowest BCUT2D eigenvalue weighted by Gasteiger charge is -2.06. The molecule has 7 nitrogen and oxygen atoms in total. The number of nitrogens with one attached hydrogen (secondary N) is 1. The standard InChI is InChI=1S/C20H15N3O3.C4H8O/c1-21-18-16-15(12-5-3-2-4-6-12)17(26-19(16)23-11-22-18)13-7-9-14(10-8-13)20(24)25;1-2-4-5-3-1/h2-11H,1H3,(H,24,25)(H,21,22,23);1-4H2. The molecule has 0 unspecified atom stereocenters. The van der Waals surface area contributed by atoms with Gasteiger partial charge in [-0.15, -0.1) is 0 Å². The second kappa shape index (κ2) is 9.40. The van der Waals surface area contributed by atoms with Crippen molar-refractivity contribution >= 4 is 22.9 Å². The number of carboxylic acids is 1. The van der Waals surface area contributed by atoms with Crippen LogP contribution in [0.5, 0.6) is 0 Å². The largest absolute Gasteiger partial charge is 0.478 e. The zero-order valence-corrected chi connectivity index (χ0v) is 17.2. The lowest BCUT2D eigenvalue weighted by molar-refractivity contribution is 0.0697. The number of furan rings is 1. The Morgan fingerprint density at radius 1 is 0.968 bits per heavy atom. The number of hydrogen-bond acceptors (Lipinski definition) is 6. The predicted octanol–water partition coefficient (Wildman–Crippen LogP) is 5.09. The van der Waals surface area contributed by atoms with Crippen LogP contribution in [-0.4, -0.2) is 41.3 Å². The Morgan fingerprint density at radius 2 is 1.68 bits per heavy atom. The number of ether oxygens (including phenoxy) is 1. The van der Waals surface area contributed by atoms with Crippen molar-refractivity contribution in [1.29, 1.82) is 0 Å². The number of nitrogens with zero attached hydrogens (tertiary/aromatic N) is 2. The summed E-state index contributed by atoms with van der Waals surface area (Å²) in [4.78, 5) is 19.7. The van der Waals surface area contributed by atoms with Gasteiger partial charge < -0.3 is 19.6 Å². The normalized spacial score (nSPS) is 12.9. The maximum atomic E-state index is 11.1. The van der Waals surface area contributed by atoms with Crippen LogP contribution in [-0.2, 0) is 4.74 Å². The fraction of sp³-hybridized carbons (Fsp3) is 0.208. The topological polar surface area (TPSA) is 97.5 Å². The molecule has 1 fully saturated rings. The van der Waals surface area contributed by atoms with Gasteiger partial charge in [-0.3, -0.25) is 0 Å². The summed E-state index contributed by atoms with van der Waals surface area (Å²) in [5.74, 6) is 0.332. The van der Waals surface area contributed by atoms with Gasteiger partial charge >= 0.3 is 5.97 Å². The molecule has 0 bridgehead atoms. The van der Waals surface area contributed by atoms with E-state index < -0.39 is 5.97 Å². The molecule has 5 rings (SSSR count). The Kier molecular flexibility index (Phi) is 6.24. The van der Waals surface area contributed by atoms with Crippen LogP contribution in [0.1, 0.15) is 23.2 Å². The quantitative estimate of drug-likeness (QED) is 0.477. The van der Waals surface area contributed by atoms with Crippen LogP contribution in [0.15, 0.2) is 65.3 Å². The van der Waals surface area contributed by atoms with Crippen molar-refractivity contribution in [3.8, 4) is 22.5 Å². The van der Waals surface area contributed by atoms with E-state index >= 15 is 0 Å². The van der Waals surface area contributed by atoms with E-state index in [4.69, 9.17) is 14.3 Å². The first kappa shape index (κ1) is 20.6. The van der Waals surface area contributed by atoms with Crippen molar-refractivity contribution in [2.75, 3.05) is 25.6 Å². The molecule has 2 aromatic carbocycles. The lowest BCUT2D eigenvalue weighted by Crippen LogP contribution is -1.95. The maximum absolute atomic E-state index is 11.1. The van der Waals surface area contributed by atoms with E-state index in [0.29, 0.717) is 17.3 Å². The van der Waals surface area contributed by atoms with Crippen LogP contribution >= 0.6 is 0 Å². The van der Waals surface area contributed by atoms with Crippen molar-refractivity contribution < 1.29 is 19.1 Å². The molecule has 2 N–H and O–H groups in total. The van der Waals surface area contributed by atoms with Crippen LogP contribution in [0.4, 0.5) is 5.82 Å². The van der Waals surface area contributed by atoms with Crippen LogP contribution in [0.2, 0.25) is 0 Å². The minimum Gasteiger partial charge on any atom is -0.478 e. The number of aromatic nitrogens is 2. The molecule has 1 aliphatic heterocycles. The summed E-state index contributed by atoms with van der Waals surface area (Å²) >= 11 is 0. The Bertz CT molecular complexity index is 1160. The number of rotatable bonds is 4. The summed E-state index contributed by atoms with van der Waals surface area (Å²) in [7, 11) is 1.80. The van der Waals surface area contributed by atoms with Crippen LogP contribution in [0.25, 0.3) is 33.6 Å². The van der Waals surface area contributed by atoms with E-state index in [0.717, 1.165) is 35.3 Å². The summed E-state index contributed by atoms with van der Waals surface area (Å²) in [6.07, 6.45) is 4.00. The molecule has 0 spiro atoms. The lowest BCUT2D eigenvalue weighted by atomic mass is 9.99. The molecule has 1 saturated heterocycles. The highest BCUT2D eigenvalue weighted by Gasteiger charge is 2.21. The number of fused-ring (bicyclic) bond motifs is 1. The molecule has 3 heterocycles. The molecule has 31 heavy (non-hydrogen) atoms. The molecule has 0 amide bonds. The van der Waals surface area contributed by atoms with Gasteiger partial charge in [0.2, 0.25) is 5.71 Å². The zero-order chi connectivity index (χ0) is 21.6. The van der Waals surface area contributed by atoms with Gasteiger partial charge in [-0.25, -0.2) is 14.8 Å². The van der Waals surface area contributed by atoms with E-state index in [-0.39, 0.29) is 5.56 Å². The third kappa shape index (κ3) is 4.41. The molecular formula is C24H23N3O4. The molecule has 0 aliphatic carbocycles. The summed E-state index contributed by atoms with van der Waals surface area (Å²) in [5.41, 5.74) is 3.31. The first-order valence-electron chi connectivity index (χ1n) is 10.1. The monoisotopic (exact) mass is 417 g/mol. The number of hydrogen-bond donors (Lipinski definition) is 2. The fourth-order valence-electron chi connectivity index (χ4n) is 3.48. The first-order valence-corrected chi connectivity index (χ1v) is 10.1. The molecule has 0 saturated carbocycles. The maximum Gasteiger partial charge on any atom is 0.335 e. The third-order valence-electron chi connectivity index (χ3n) is 5.01. The van der Waals surface area contributed by atoms with Crippen molar-refractivity contribution in [3.05, 3.63) is 66.5 Å². The number of carbonyl (C=O) groups is 1. The van der Waals surface area contributed by atoms with E-state index in [9.17, 15) is 4.79 Å². The second-order valence-corrected chi connectivity index (χ2v) is 7.03. The summed E-state index contributed by atoms with van der Waals surface area (Å²) < 4.78 is 11.0. The van der Waals surface area contributed by atoms with Gasteiger partial charge in [0.25, 0.3) is 0 Å². The number of benzene rings is 2. The fourth-order valence-corrected chi connectivity index (χ4v) is 3.48. The SMILES string of the molecule is C1CCOC1.CNc1ncnc2oc(-c3ccc(C(=O)O)cc3)c(-c3ccccc3)c12. The number of carboxylic acid groups (broad SMARTS) is 1. The van der Waals surface area contributed by atoms with Gasteiger partial charge in [0.15, 0.2) is 0 Å². The highest BCUT2D eigenvalue weighted by Crippen LogP contribution is 2.42. The molecule has 158 valence electrons. The average molecular weight is 417 g/mol. The highest BCUT2D eigenvalue weighted by atomic mass is 16.5. The van der Waals surface area contributed by atoms with Crippen molar-refractivity contribution in [3.63, 3.8) is 0 Å². The zero-order valence-electron chi connectivity index (χ0n) is 17.2. The van der Waals surface area contributed by atoms with Crippen LogP contribution in [0.3, 0.4) is 0 Å². The Balaban J connectivity index is 0.000000407. The number of aromatic carboxylic acids is 1. The first-order chi connectivity index (χ1) is 15.2. The highest BCUT2D eigenvalue weighted by molar-refractivity contribution is 6.05. The molecule has 1 aliphatic rings. The Hall–Kier alpha value is -3.71. The molecule has 0 atom stereocenters. The Morgan fingerprint density at radius 3 is 2.26 bits per heavy atom. The van der Waals surface area contributed by atoms with E-state index in [2.05, 4.69) is 15.3 Å². The molecular weight excluding hydrogens is 394 g/mol. The van der Waals surface area contributed by atoms with E-state index in [1.165, 1.54) is 19.2 Å². The average Bonchev–Trinajstić information content (AvgIpc) is 3.51. The second-order valence-electron chi connectivity index (χ2n) is 7.03. The number of anilines is 1. The molecule has 2 aromatic heterocycles. The van der Waals surface area contributed by atoms with Gasteiger partial charge in [0.05, 0.1) is 10.9 Å². The van der Waals surface area contributed by atoms with Gasteiger partial charge in [-0.1, -0.05) is 42.5 Å². The third-order valence-corrected chi connectivity index (χ3v) is 5.01. The minimum absolute atomic E-state index is 0.224. The van der Waals surface area contributed by atoms with Crippen LogP contribution in [0, 0.1) is 0 Å². The molecule has 0 radical (unpaired) electrons.